The molecule has 6 heteroatoms. The molecule has 5 atom stereocenters. The molecule has 3 aromatic rings. The van der Waals surface area contributed by atoms with Crippen molar-refractivity contribution in [1.29, 1.82) is 0 Å². The van der Waals surface area contributed by atoms with Gasteiger partial charge in [-0.3, -0.25) is 9.69 Å². The van der Waals surface area contributed by atoms with Crippen LogP contribution in [-0.4, -0.2) is 69.8 Å². The molecule has 0 radical (unpaired) electrons. The number of likely N-dealkylation sites (N-methyl/N-ethyl adjacent to an activating group) is 1. The second-order valence-corrected chi connectivity index (χ2v) is 11.9. The number of benzene rings is 3. The highest BCUT2D eigenvalue weighted by Gasteiger charge is 2.73. The Kier molecular flexibility index (Phi) is 6.02. The van der Waals surface area contributed by atoms with Crippen molar-refractivity contribution in [2.75, 3.05) is 20.1 Å². The van der Waals surface area contributed by atoms with Crippen LogP contribution in [0.1, 0.15) is 41.5 Å². The van der Waals surface area contributed by atoms with E-state index in [4.69, 9.17) is 4.74 Å². The number of aromatic hydroxyl groups is 1. The Balaban J connectivity index is 1.22. The smallest absolute Gasteiger partial charge is 0.246 e. The Morgan fingerprint density at radius 2 is 1.82 bits per heavy atom. The van der Waals surface area contributed by atoms with Gasteiger partial charge in [-0.25, -0.2) is 0 Å². The molecule has 6 nitrogen and oxygen atoms in total. The molecule has 2 aliphatic carbocycles. The number of amides is 1. The number of phenolic OH excluding ortho intramolecular Hbond substituents is 1. The van der Waals surface area contributed by atoms with Gasteiger partial charge in [0, 0.05) is 31.3 Å². The Morgan fingerprint density at radius 1 is 1.07 bits per heavy atom. The third-order valence-corrected chi connectivity index (χ3v) is 10.1. The average Bonchev–Trinajstić information content (AvgIpc) is 3.33. The number of likely N-dealkylation sites (tertiary alicyclic amines) is 1. The molecule has 2 bridgehead atoms. The molecule has 2 unspecified atom stereocenters. The molecule has 2 N–H and O–H groups in total. The zero-order valence-corrected chi connectivity index (χ0v) is 22.9. The van der Waals surface area contributed by atoms with Crippen molar-refractivity contribution in [1.82, 2.24) is 9.80 Å². The molecule has 2 heterocycles. The molecule has 1 saturated heterocycles. The van der Waals surface area contributed by atoms with E-state index in [0.717, 1.165) is 49.0 Å². The second-order valence-electron chi connectivity index (χ2n) is 11.9. The van der Waals surface area contributed by atoms with E-state index in [1.54, 1.807) is 17.0 Å². The van der Waals surface area contributed by atoms with Gasteiger partial charge in [-0.05, 0) is 67.5 Å². The number of aliphatic hydroxyl groups is 1. The number of piperidine rings is 1. The average molecular weight is 537 g/mol. The number of hydrogen-bond donors (Lipinski definition) is 2. The largest absolute Gasteiger partial charge is 0.504 e. The summed E-state index contributed by atoms with van der Waals surface area (Å²) in [5.41, 5.74) is 2.73. The van der Waals surface area contributed by atoms with Crippen LogP contribution in [-0.2, 0) is 23.1 Å². The third-order valence-electron chi connectivity index (χ3n) is 10.1. The van der Waals surface area contributed by atoms with Gasteiger partial charge in [-0.15, -0.1) is 0 Å². The van der Waals surface area contributed by atoms with Crippen LogP contribution < -0.4 is 4.74 Å². The summed E-state index contributed by atoms with van der Waals surface area (Å²) in [5, 5.41) is 23.6. The SMILES string of the molecule is CN(C(=O)/C=C/c1ccccc1)C1CC[C@@]2(O)[C@H]3Cc4ccc(O)c5c4[C@@]2(CCN3CCc2ccccc2)C1O5. The van der Waals surface area contributed by atoms with E-state index in [1.165, 1.54) is 5.56 Å². The minimum absolute atomic E-state index is 0.0426. The molecule has 4 aliphatic rings. The first kappa shape index (κ1) is 25.4. The summed E-state index contributed by atoms with van der Waals surface area (Å²) >= 11 is 0. The molecule has 0 aromatic heterocycles. The highest BCUT2D eigenvalue weighted by molar-refractivity contribution is 5.92. The van der Waals surface area contributed by atoms with Gasteiger partial charge in [0.05, 0.1) is 17.1 Å². The van der Waals surface area contributed by atoms with Gasteiger partial charge in [0.25, 0.3) is 0 Å². The van der Waals surface area contributed by atoms with Gasteiger partial charge in [0.1, 0.15) is 6.10 Å². The summed E-state index contributed by atoms with van der Waals surface area (Å²) in [5.74, 6) is 0.531. The molecule has 2 fully saturated rings. The highest BCUT2D eigenvalue weighted by Crippen LogP contribution is 2.65. The highest BCUT2D eigenvalue weighted by atomic mass is 16.5. The van der Waals surface area contributed by atoms with Crippen molar-refractivity contribution in [3.8, 4) is 11.5 Å². The minimum atomic E-state index is -1.00. The van der Waals surface area contributed by atoms with Gasteiger partial charge in [-0.2, -0.15) is 0 Å². The van der Waals surface area contributed by atoms with E-state index in [9.17, 15) is 15.0 Å². The van der Waals surface area contributed by atoms with Crippen LogP contribution in [0.4, 0.5) is 0 Å². The van der Waals surface area contributed by atoms with Crippen LogP contribution in [0.15, 0.2) is 78.9 Å². The minimum Gasteiger partial charge on any atom is -0.504 e. The summed E-state index contributed by atoms with van der Waals surface area (Å²) in [6, 6.07) is 23.8. The van der Waals surface area contributed by atoms with Crippen molar-refractivity contribution >= 4 is 12.0 Å². The fraction of sp³-hybridized carbons (Fsp3) is 0.382. The Morgan fingerprint density at radius 3 is 2.60 bits per heavy atom. The number of hydrogen-bond acceptors (Lipinski definition) is 5. The van der Waals surface area contributed by atoms with Crippen molar-refractivity contribution in [3.63, 3.8) is 0 Å². The monoisotopic (exact) mass is 536 g/mol. The van der Waals surface area contributed by atoms with Crippen molar-refractivity contribution in [3.05, 3.63) is 101 Å². The van der Waals surface area contributed by atoms with E-state index in [1.807, 2.05) is 55.6 Å². The van der Waals surface area contributed by atoms with E-state index >= 15 is 0 Å². The molecular formula is C34H36N2O4. The third kappa shape index (κ3) is 3.66. The van der Waals surface area contributed by atoms with Crippen LogP contribution in [0.5, 0.6) is 11.5 Å². The summed E-state index contributed by atoms with van der Waals surface area (Å²) < 4.78 is 6.64. The molecule has 3 aromatic carbocycles. The lowest BCUT2D eigenvalue weighted by Gasteiger charge is -2.64. The number of rotatable bonds is 6. The number of ether oxygens (including phenoxy) is 1. The van der Waals surface area contributed by atoms with E-state index in [2.05, 4.69) is 29.2 Å². The summed E-state index contributed by atoms with van der Waals surface area (Å²) in [6.45, 7) is 1.72. The molecule has 1 saturated carbocycles. The van der Waals surface area contributed by atoms with Gasteiger partial charge in [0.15, 0.2) is 11.5 Å². The van der Waals surface area contributed by atoms with Crippen LogP contribution in [0.2, 0.25) is 0 Å². The molecule has 2 aliphatic heterocycles. The van der Waals surface area contributed by atoms with Gasteiger partial charge < -0.3 is 19.8 Å². The summed E-state index contributed by atoms with van der Waals surface area (Å²) in [6.07, 6.45) is 6.64. The maximum Gasteiger partial charge on any atom is 0.246 e. The lowest BCUT2D eigenvalue weighted by molar-refractivity contribution is -0.199. The van der Waals surface area contributed by atoms with Crippen molar-refractivity contribution in [2.24, 2.45) is 0 Å². The lowest BCUT2D eigenvalue weighted by Crippen LogP contribution is -2.78. The fourth-order valence-corrected chi connectivity index (χ4v) is 8.20. The zero-order chi connectivity index (χ0) is 27.5. The number of nitrogens with zero attached hydrogens (tertiary/aromatic N) is 2. The number of carbonyl (C=O) groups is 1. The van der Waals surface area contributed by atoms with Gasteiger partial charge in [0.2, 0.25) is 5.91 Å². The lowest BCUT2D eigenvalue weighted by atomic mass is 9.48. The Labute approximate surface area is 235 Å². The molecule has 1 spiro atoms. The first-order chi connectivity index (χ1) is 19.4. The number of phenols is 1. The predicted octanol–water partition coefficient (Wildman–Crippen LogP) is 4.33. The molecule has 206 valence electrons. The maximum atomic E-state index is 13.4. The molecule has 7 rings (SSSR count). The van der Waals surface area contributed by atoms with Crippen LogP contribution in [0.3, 0.4) is 0 Å². The van der Waals surface area contributed by atoms with E-state index < -0.39 is 17.1 Å². The quantitative estimate of drug-likeness (QED) is 0.459. The Hall–Kier alpha value is -3.61. The molecule has 40 heavy (non-hydrogen) atoms. The van der Waals surface area contributed by atoms with Gasteiger partial charge in [-0.1, -0.05) is 66.7 Å². The van der Waals surface area contributed by atoms with E-state index in [0.29, 0.717) is 18.6 Å². The van der Waals surface area contributed by atoms with Crippen molar-refractivity contribution in [2.45, 2.75) is 61.3 Å². The maximum absolute atomic E-state index is 13.4. The predicted molar refractivity (Wildman–Crippen MR) is 154 cm³/mol. The molecule has 1 amide bonds. The van der Waals surface area contributed by atoms with Crippen LogP contribution >= 0.6 is 0 Å². The summed E-state index contributed by atoms with van der Waals surface area (Å²) in [4.78, 5) is 17.6. The normalized spacial score (nSPS) is 30.1. The van der Waals surface area contributed by atoms with Gasteiger partial charge >= 0.3 is 0 Å². The summed E-state index contributed by atoms with van der Waals surface area (Å²) in [7, 11) is 1.84. The number of carbonyl (C=O) groups excluding carboxylic acids is 1. The second kappa shape index (κ2) is 9.50. The standard InChI is InChI=1S/C34H36N2O4/c1-35(29(38)15-12-23-8-4-2-5-9-23)26-16-18-34(39)28-22-25-13-14-27(37)31-30(25)33(34,32(26)40-31)19-21-36(28)20-17-24-10-6-3-7-11-24/h2-15,26,28,32,37,39H,16-22H2,1H3/b15-12+/t26?,28-,32?,33+,34-/m1/s1. The first-order valence-electron chi connectivity index (χ1n) is 14.4. The van der Waals surface area contributed by atoms with Crippen molar-refractivity contribution < 1.29 is 19.7 Å². The fourth-order valence-electron chi connectivity index (χ4n) is 8.20. The van der Waals surface area contributed by atoms with Crippen LogP contribution in [0, 0.1) is 0 Å². The van der Waals surface area contributed by atoms with Crippen LogP contribution in [0.25, 0.3) is 6.08 Å². The molecular weight excluding hydrogens is 500 g/mol. The Bertz CT molecular complexity index is 1460. The first-order valence-corrected chi connectivity index (χ1v) is 14.4. The van der Waals surface area contributed by atoms with E-state index in [-0.39, 0.29) is 23.7 Å². The topological polar surface area (TPSA) is 73.2 Å². The zero-order valence-electron chi connectivity index (χ0n) is 22.9.